The molecule has 2 heterocycles. The molecule has 0 saturated carbocycles. The largest absolute Gasteiger partial charge is 0.399 e. The van der Waals surface area contributed by atoms with Gasteiger partial charge in [-0.25, -0.2) is 13.2 Å². The summed E-state index contributed by atoms with van der Waals surface area (Å²) in [6.07, 6.45) is -1.51. The number of halogens is 3. The average molecular weight is 352 g/mol. The lowest BCUT2D eigenvalue weighted by Crippen LogP contribution is -2.52. The van der Waals surface area contributed by atoms with E-state index in [1.54, 1.807) is 0 Å². The summed E-state index contributed by atoms with van der Waals surface area (Å²) in [6.45, 7) is 2.03. The minimum atomic E-state index is -3.18. The number of hydrogen-bond acceptors (Lipinski definition) is 5. The molecule has 2 aliphatic heterocycles. The number of nitrogens with zero attached hydrogens (tertiary/aromatic N) is 2. The molecule has 1 aromatic carbocycles. The summed E-state index contributed by atoms with van der Waals surface area (Å²) in [7, 11) is 0. The quantitative estimate of drug-likeness (QED) is 0.799. The van der Waals surface area contributed by atoms with Crippen LogP contribution in [0, 0.1) is 28.5 Å². The molecule has 8 heteroatoms. The van der Waals surface area contributed by atoms with Crippen LogP contribution < -0.4 is 11.5 Å². The van der Waals surface area contributed by atoms with Gasteiger partial charge < -0.3 is 16.2 Å². The fourth-order valence-electron chi connectivity index (χ4n) is 3.78. The lowest BCUT2D eigenvalue weighted by Gasteiger charge is -2.42. The topological polar surface area (TPSA) is 97.4 Å². The molecule has 1 saturated heterocycles. The zero-order chi connectivity index (χ0) is 18.6. The van der Waals surface area contributed by atoms with Crippen molar-refractivity contribution in [1.82, 2.24) is 0 Å². The molecule has 0 spiro atoms. The monoisotopic (exact) mass is 352 g/mol. The number of nitrogens with two attached hydrogens (primary N) is 2. The lowest BCUT2D eigenvalue weighted by molar-refractivity contribution is -0.118. The third kappa shape index (κ3) is 2.54. The van der Waals surface area contributed by atoms with Crippen LogP contribution in [-0.4, -0.2) is 24.5 Å². The van der Waals surface area contributed by atoms with E-state index in [1.165, 1.54) is 19.1 Å². The Labute approximate surface area is 143 Å². The van der Waals surface area contributed by atoms with Gasteiger partial charge in [0.2, 0.25) is 0 Å². The van der Waals surface area contributed by atoms with E-state index in [0.717, 1.165) is 13.0 Å². The van der Waals surface area contributed by atoms with Crippen molar-refractivity contribution in [1.29, 1.82) is 5.26 Å². The van der Waals surface area contributed by atoms with Crippen molar-refractivity contribution in [3.63, 3.8) is 0 Å². The summed E-state index contributed by atoms with van der Waals surface area (Å²) in [5.74, 6) is -4.74. The summed E-state index contributed by atoms with van der Waals surface area (Å²) in [5.41, 5.74) is 9.43. The summed E-state index contributed by atoms with van der Waals surface area (Å²) in [5, 5.41) is 9.45. The van der Waals surface area contributed by atoms with Crippen LogP contribution in [0.2, 0.25) is 0 Å². The number of amidine groups is 1. The van der Waals surface area contributed by atoms with Crippen molar-refractivity contribution >= 4 is 11.5 Å². The van der Waals surface area contributed by atoms with Crippen LogP contribution in [0.15, 0.2) is 23.2 Å². The number of nitriles is 1. The molecule has 1 fully saturated rings. The van der Waals surface area contributed by atoms with Crippen molar-refractivity contribution in [2.75, 3.05) is 12.3 Å². The Balaban J connectivity index is 2.24. The third-order valence-corrected chi connectivity index (χ3v) is 5.18. The van der Waals surface area contributed by atoms with Gasteiger partial charge >= 0.3 is 0 Å². The van der Waals surface area contributed by atoms with Crippen molar-refractivity contribution in [2.45, 2.75) is 37.8 Å². The number of rotatable bonds is 2. The Hall–Kier alpha value is -2.27. The Bertz CT molecular complexity index is 785. The molecule has 2 aliphatic rings. The highest BCUT2D eigenvalue weighted by atomic mass is 19.3. The minimum absolute atomic E-state index is 0.0127. The van der Waals surface area contributed by atoms with E-state index in [2.05, 4.69) is 4.99 Å². The van der Waals surface area contributed by atoms with E-state index < -0.39 is 34.7 Å². The molecule has 0 amide bonds. The second-order valence-electron chi connectivity index (χ2n) is 7.10. The maximum Gasteiger partial charge on any atom is 0.271 e. The Morgan fingerprint density at radius 2 is 2.08 bits per heavy atom. The SMILES string of the molecule is CC1(C#N)C[C@@H]2[C@@H](C(C)(F)F)OC[C@]2(c2cc(N)ccc2F)N=C1N. The van der Waals surface area contributed by atoms with Crippen molar-refractivity contribution < 1.29 is 17.9 Å². The molecular weight excluding hydrogens is 333 g/mol. The van der Waals surface area contributed by atoms with E-state index in [4.69, 9.17) is 16.2 Å². The maximum absolute atomic E-state index is 14.5. The fourth-order valence-corrected chi connectivity index (χ4v) is 3.78. The number of benzene rings is 1. The second-order valence-corrected chi connectivity index (χ2v) is 7.10. The van der Waals surface area contributed by atoms with Crippen LogP contribution in [0.25, 0.3) is 0 Å². The predicted molar refractivity (Wildman–Crippen MR) is 86.3 cm³/mol. The second kappa shape index (κ2) is 5.36. The first-order valence-corrected chi connectivity index (χ1v) is 7.85. The van der Waals surface area contributed by atoms with Crippen molar-refractivity contribution in [3.8, 4) is 6.07 Å². The minimum Gasteiger partial charge on any atom is -0.399 e. The van der Waals surface area contributed by atoms with Gasteiger partial charge in [-0.1, -0.05) is 0 Å². The molecule has 0 aliphatic carbocycles. The maximum atomic E-state index is 14.5. The Kier molecular flexibility index (Phi) is 3.76. The molecule has 25 heavy (non-hydrogen) atoms. The van der Waals surface area contributed by atoms with E-state index in [-0.39, 0.29) is 30.1 Å². The zero-order valence-corrected chi connectivity index (χ0v) is 13.9. The Morgan fingerprint density at radius 3 is 2.68 bits per heavy atom. The highest BCUT2D eigenvalue weighted by Gasteiger charge is 2.62. The predicted octanol–water partition coefficient (Wildman–Crippen LogP) is 2.56. The van der Waals surface area contributed by atoms with Gasteiger partial charge in [-0.15, -0.1) is 0 Å². The fraction of sp³-hybridized carbons (Fsp3) is 0.529. The average Bonchev–Trinajstić information content (AvgIpc) is 2.89. The van der Waals surface area contributed by atoms with Gasteiger partial charge in [0, 0.05) is 24.1 Å². The van der Waals surface area contributed by atoms with Crippen molar-refractivity contribution in [3.05, 3.63) is 29.6 Å². The number of nitrogen functional groups attached to an aromatic ring is 1. The van der Waals surface area contributed by atoms with Crippen LogP contribution in [0.1, 0.15) is 25.8 Å². The number of anilines is 1. The van der Waals surface area contributed by atoms with Crippen LogP contribution in [0.4, 0.5) is 18.9 Å². The van der Waals surface area contributed by atoms with Gasteiger partial charge in [-0.2, -0.15) is 5.26 Å². The number of ether oxygens (including phenoxy) is 1. The van der Waals surface area contributed by atoms with Gasteiger partial charge in [0.1, 0.15) is 28.7 Å². The number of aliphatic imine (C=N–C) groups is 1. The van der Waals surface area contributed by atoms with Crippen molar-refractivity contribution in [2.24, 2.45) is 22.1 Å². The molecule has 4 atom stereocenters. The Morgan fingerprint density at radius 1 is 1.40 bits per heavy atom. The smallest absolute Gasteiger partial charge is 0.271 e. The molecule has 1 unspecified atom stereocenters. The molecule has 1 aromatic rings. The van der Waals surface area contributed by atoms with Gasteiger partial charge in [0.25, 0.3) is 5.92 Å². The first-order valence-electron chi connectivity index (χ1n) is 7.85. The summed E-state index contributed by atoms with van der Waals surface area (Å²) in [6, 6.07) is 5.94. The molecule has 0 bridgehead atoms. The standard InChI is InChI=1S/C17H19F3N4O/c1-15(7-21)6-11-13(16(2,19)20)25-8-17(11,24-14(15)23)10-5-9(22)3-4-12(10)18/h3-5,11,13H,6,8,22H2,1-2H3,(H2,23,24)/t11-,13+,15?,17-/m1/s1. The van der Waals surface area contributed by atoms with E-state index in [0.29, 0.717) is 0 Å². The van der Waals surface area contributed by atoms with Gasteiger partial charge in [-0.05, 0) is 31.5 Å². The third-order valence-electron chi connectivity index (χ3n) is 5.18. The summed E-state index contributed by atoms with van der Waals surface area (Å²) >= 11 is 0. The molecular formula is C17H19F3N4O. The first-order chi connectivity index (χ1) is 11.5. The number of hydrogen-bond donors (Lipinski definition) is 2. The zero-order valence-electron chi connectivity index (χ0n) is 13.9. The van der Waals surface area contributed by atoms with E-state index in [1.807, 2.05) is 6.07 Å². The van der Waals surface area contributed by atoms with Crippen LogP contribution in [-0.2, 0) is 10.3 Å². The molecule has 134 valence electrons. The van der Waals surface area contributed by atoms with Crippen LogP contribution in [0.5, 0.6) is 0 Å². The number of alkyl halides is 2. The highest BCUT2D eigenvalue weighted by Crippen LogP contribution is 2.54. The first kappa shape index (κ1) is 17.5. The van der Waals surface area contributed by atoms with Crippen LogP contribution in [0.3, 0.4) is 0 Å². The number of fused-ring (bicyclic) bond motifs is 1. The lowest BCUT2D eigenvalue weighted by atomic mass is 9.66. The van der Waals surface area contributed by atoms with E-state index in [9.17, 15) is 18.4 Å². The summed E-state index contributed by atoms with van der Waals surface area (Å²) < 4.78 is 48.1. The molecule has 0 radical (unpaired) electrons. The molecule has 5 nitrogen and oxygen atoms in total. The summed E-state index contributed by atoms with van der Waals surface area (Å²) in [4.78, 5) is 4.35. The van der Waals surface area contributed by atoms with Gasteiger partial charge in [-0.3, -0.25) is 4.99 Å². The normalized spacial score (nSPS) is 35.0. The van der Waals surface area contributed by atoms with Gasteiger partial charge in [0.15, 0.2) is 0 Å². The molecule has 0 aromatic heterocycles. The molecule has 4 N–H and O–H groups in total. The highest BCUT2D eigenvalue weighted by molar-refractivity contribution is 5.90. The van der Waals surface area contributed by atoms with Crippen LogP contribution >= 0.6 is 0 Å². The van der Waals surface area contributed by atoms with Gasteiger partial charge in [0.05, 0.1) is 12.7 Å². The molecule has 3 rings (SSSR count). The van der Waals surface area contributed by atoms with E-state index >= 15 is 0 Å².